The Morgan fingerprint density at radius 2 is 2.13 bits per heavy atom. The van der Waals surface area contributed by atoms with Gasteiger partial charge in [-0.3, -0.25) is 9.69 Å². The van der Waals surface area contributed by atoms with Crippen LogP contribution in [0.5, 0.6) is 0 Å². The zero-order chi connectivity index (χ0) is 16.5. The highest BCUT2D eigenvalue weighted by molar-refractivity contribution is 7.07. The van der Waals surface area contributed by atoms with Gasteiger partial charge in [0.05, 0.1) is 18.7 Å². The smallest absolute Gasteiger partial charge is 0.235 e. The van der Waals surface area contributed by atoms with Gasteiger partial charge >= 0.3 is 0 Å². The Labute approximate surface area is 139 Å². The van der Waals surface area contributed by atoms with Crippen LogP contribution in [0.1, 0.15) is 17.2 Å². The maximum Gasteiger partial charge on any atom is 0.235 e. The van der Waals surface area contributed by atoms with E-state index in [9.17, 15) is 9.90 Å². The Kier molecular flexibility index (Phi) is 6.76. The number of carbonyl (C=O) groups excluding carboxylic acids is 1. The van der Waals surface area contributed by atoms with Crippen LogP contribution in [0.2, 0.25) is 0 Å². The quantitative estimate of drug-likeness (QED) is 0.726. The number of aliphatic hydroxyl groups excluding tert-OH is 1. The molecule has 0 spiro atoms. The first-order chi connectivity index (χ1) is 11.2. The van der Waals surface area contributed by atoms with Gasteiger partial charge in [0, 0.05) is 13.1 Å². The lowest BCUT2D eigenvalue weighted by molar-refractivity contribution is -0.122. The van der Waals surface area contributed by atoms with E-state index in [1.807, 2.05) is 58.1 Å². The van der Waals surface area contributed by atoms with Gasteiger partial charge in [0.15, 0.2) is 0 Å². The lowest BCUT2D eigenvalue weighted by atomic mass is 10.1. The lowest BCUT2D eigenvalue weighted by Crippen LogP contribution is -2.39. The van der Waals surface area contributed by atoms with Crippen LogP contribution in [0.4, 0.5) is 0 Å². The standard InChI is InChI=1S/C17H19N3O2S/c18-7-8-19-17(22)12-20(10-14-4-2-1-3-5-14)11-16(21)15-6-9-23-13-15/h1-6,9,13,16,21H,8,10-12H2,(H,19,22). The molecule has 0 radical (unpaired) electrons. The first kappa shape index (κ1) is 17.2. The van der Waals surface area contributed by atoms with E-state index in [0.717, 1.165) is 11.1 Å². The van der Waals surface area contributed by atoms with Crippen molar-refractivity contribution in [3.05, 3.63) is 58.3 Å². The average molecular weight is 329 g/mol. The third kappa shape index (κ3) is 5.83. The summed E-state index contributed by atoms with van der Waals surface area (Å²) in [7, 11) is 0. The van der Waals surface area contributed by atoms with Crippen LogP contribution in [-0.2, 0) is 11.3 Å². The Bertz CT molecular complexity index is 638. The number of hydrogen-bond donors (Lipinski definition) is 2. The minimum Gasteiger partial charge on any atom is -0.387 e. The molecule has 120 valence electrons. The molecular weight excluding hydrogens is 310 g/mol. The van der Waals surface area contributed by atoms with E-state index in [4.69, 9.17) is 5.26 Å². The molecule has 0 saturated heterocycles. The maximum absolute atomic E-state index is 11.9. The van der Waals surface area contributed by atoms with E-state index in [1.54, 1.807) is 0 Å². The summed E-state index contributed by atoms with van der Waals surface area (Å²) in [6.45, 7) is 1.04. The van der Waals surface area contributed by atoms with E-state index in [1.165, 1.54) is 11.3 Å². The molecule has 0 aliphatic rings. The van der Waals surface area contributed by atoms with Crippen molar-refractivity contribution < 1.29 is 9.90 Å². The Balaban J connectivity index is 2.01. The molecule has 0 aliphatic carbocycles. The van der Waals surface area contributed by atoms with Crippen LogP contribution >= 0.6 is 11.3 Å². The fraction of sp³-hybridized carbons (Fsp3) is 0.294. The second-order valence-electron chi connectivity index (χ2n) is 5.16. The summed E-state index contributed by atoms with van der Waals surface area (Å²) in [5.41, 5.74) is 1.92. The molecule has 0 saturated carbocycles. The number of rotatable bonds is 8. The van der Waals surface area contributed by atoms with Crippen molar-refractivity contribution in [2.75, 3.05) is 19.6 Å². The average Bonchev–Trinajstić information content (AvgIpc) is 3.08. The Morgan fingerprint density at radius 3 is 2.78 bits per heavy atom. The molecule has 5 nitrogen and oxygen atoms in total. The molecule has 2 N–H and O–H groups in total. The fourth-order valence-corrected chi connectivity index (χ4v) is 2.95. The van der Waals surface area contributed by atoms with Gasteiger partial charge in [-0.05, 0) is 28.0 Å². The van der Waals surface area contributed by atoms with Crippen molar-refractivity contribution in [3.8, 4) is 6.07 Å². The number of aliphatic hydroxyl groups is 1. The molecule has 2 rings (SSSR count). The van der Waals surface area contributed by atoms with Gasteiger partial charge in [-0.25, -0.2) is 0 Å². The molecule has 1 unspecified atom stereocenters. The Morgan fingerprint density at radius 1 is 1.35 bits per heavy atom. The summed E-state index contributed by atoms with van der Waals surface area (Å²) >= 11 is 1.53. The minimum absolute atomic E-state index is 0.00883. The zero-order valence-corrected chi connectivity index (χ0v) is 13.5. The van der Waals surface area contributed by atoms with Crippen molar-refractivity contribution in [2.24, 2.45) is 0 Å². The van der Waals surface area contributed by atoms with Crippen molar-refractivity contribution in [1.29, 1.82) is 5.26 Å². The molecule has 1 amide bonds. The molecule has 1 atom stereocenters. The first-order valence-electron chi connectivity index (χ1n) is 7.29. The number of nitriles is 1. The van der Waals surface area contributed by atoms with Crippen LogP contribution in [-0.4, -0.2) is 35.5 Å². The topological polar surface area (TPSA) is 76.4 Å². The summed E-state index contributed by atoms with van der Waals surface area (Å²) in [6.07, 6.45) is -0.645. The van der Waals surface area contributed by atoms with Gasteiger partial charge < -0.3 is 10.4 Å². The monoisotopic (exact) mass is 329 g/mol. The van der Waals surface area contributed by atoms with Crippen LogP contribution in [0.25, 0.3) is 0 Å². The maximum atomic E-state index is 11.9. The molecule has 1 aromatic carbocycles. The highest BCUT2D eigenvalue weighted by atomic mass is 32.1. The number of thiophene rings is 1. The number of hydrogen-bond acceptors (Lipinski definition) is 5. The van der Waals surface area contributed by atoms with Crippen molar-refractivity contribution in [1.82, 2.24) is 10.2 Å². The number of amides is 1. The number of benzene rings is 1. The molecule has 6 heteroatoms. The van der Waals surface area contributed by atoms with Crippen LogP contribution in [0.15, 0.2) is 47.2 Å². The summed E-state index contributed by atoms with van der Waals surface area (Å²) in [5.74, 6) is -0.222. The molecule has 1 aromatic heterocycles. The van der Waals surface area contributed by atoms with Gasteiger partial charge in [-0.2, -0.15) is 16.6 Å². The molecule has 0 fully saturated rings. The fourth-order valence-electron chi connectivity index (χ4n) is 2.24. The molecule has 0 aliphatic heterocycles. The second kappa shape index (κ2) is 9.06. The van der Waals surface area contributed by atoms with Gasteiger partial charge in [0.2, 0.25) is 5.91 Å². The second-order valence-corrected chi connectivity index (χ2v) is 5.94. The largest absolute Gasteiger partial charge is 0.387 e. The van der Waals surface area contributed by atoms with Crippen molar-refractivity contribution in [3.63, 3.8) is 0 Å². The summed E-state index contributed by atoms with van der Waals surface area (Å²) in [4.78, 5) is 13.8. The third-order valence-corrected chi connectivity index (χ3v) is 4.04. The number of nitrogens with zero attached hydrogens (tertiary/aromatic N) is 2. The van der Waals surface area contributed by atoms with Crippen LogP contribution in [0, 0.1) is 11.3 Å². The Hall–Kier alpha value is -2.20. The van der Waals surface area contributed by atoms with E-state index in [2.05, 4.69) is 5.32 Å². The van der Waals surface area contributed by atoms with Crippen molar-refractivity contribution >= 4 is 17.2 Å². The molecule has 2 aromatic rings. The van der Waals surface area contributed by atoms with E-state index in [0.29, 0.717) is 13.1 Å². The summed E-state index contributed by atoms with van der Waals surface area (Å²) in [6, 6.07) is 13.6. The van der Waals surface area contributed by atoms with E-state index < -0.39 is 6.10 Å². The van der Waals surface area contributed by atoms with E-state index in [-0.39, 0.29) is 19.0 Å². The predicted molar refractivity (Wildman–Crippen MR) is 89.6 cm³/mol. The summed E-state index contributed by atoms with van der Waals surface area (Å²) < 4.78 is 0. The first-order valence-corrected chi connectivity index (χ1v) is 8.23. The third-order valence-electron chi connectivity index (χ3n) is 3.34. The van der Waals surface area contributed by atoms with E-state index >= 15 is 0 Å². The SMILES string of the molecule is N#CCNC(=O)CN(Cc1ccccc1)CC(O)c1ccsc1. The number of carbonyl (C=O) groups is 1. The molecule has 23 heavy (non-hydrogen) atoms. The van der Waals surface area contributed by atoms with Crippen molar-refractivity contribution in [2.45, 2.75) is 12.6 Å². The number of nitrogens with one attached hydrogen (secondary N) is 1. The molecule has 0 bridgehead atoms. The van der Waals surface area contributed by atoms with Crippen LogP contribution in [0.3, 0.4) is 0 Å². The van der Waals surface area contributed by atoms with Gasteiger partial charge in [0.1, 0.15) is 6.54 Å². The van der Waals surface area contributed by atoms with Gasteiger partial charge in [-0.1, -0.05) is 30.3 Å². The summed E-state index contributed by atoms with van der Waals surface area (Å²) in [5, 5.41) is 25.2. The predicted octanol–water partition coefficient (Wildman–Crippen LogP) is 1.92. The molecular formula is C17H19N3O2S. The van der Waals surface area contributed by atoms with Gasteiger partial charge in [-0.15, -0.1) is 0 Å². The highest BCUT2D eigenvalue weighted by Gasteiger charge is 2.17. The molecule has 1 heterocycles. The van der Waals surface area contributed by atoms with Crippen LogP contribution < -0.4 is 5.32 Å². The minimum atomic E-state index is -0.645. The lowest BCUT2D eigenvalue weighted by Gasteiger charge is -2.24. The van der Waals surface area contributed by atoms with Gasteiger partial charge in [0.25, 0.3) is 0 Å². The highest BCUT2D eigenvalue weighted by Crippen LogP contribution is 2.18. The normalized spacial score (nSPS) is 11.9. The zero-order valence-electron chi connectivity index (χ0n) is 12.7.